The maximum atomic E-state index is 13.7. The Labute approximate surface area is 146 Å². The Morgan fingerprint density at radius 3 is 2.23 bits per heavy atom. The van der Waals surface area contributed by atoms with E-state index in [9.17, 15) is 27.1 Å². The number of hydrogen-bond acceptors (Lipinski definition) is 5. The highest BCUT2D eigenvalue weighted by molar-refractivity contribution is 5.59. The number of halogens is 5. The largest absolute Gasteiger partial charge is 0.433 e. The first-order valence-corrected chi connectivity index (χ1v) is 7.66. The van der Waals surface area contributed by atoms with Crippen LogP contribution in [0.15, 0.2) is 24.3 Å². The lowest BCUT2D eigenvalue weighted by molar-refractivity contribution is -0.141. The highest BCUT2D eigenvalue weighted by Crippen LogP contribution is 2.31. The molecule has 1 aromatic carbocycles. The van der Waals surface area contributed by atoms with Gasteiger partial charge in [-0.15, -0.1) is 0 Å². The van der Waals surface area contributed by atoms with Crippen LogP contribution in [0.2, 0.25) is 0 Å². The molecule has 0 spiro atoms. The van der Waals surface area contributed by atoms with Crippen molar-refractivity contribution in [1.82, 2.24) is 9.97 Å². The van der Waals surface area contributed by atoms with Crippen LogP contribution in [-0.4, -0.2) is 27.7 Å². The van der Waals surface area contributed by atoms with Crippen LogP contribution in [0.25, 0.3) is 0 Å². The van der Waals surface area contributed by atoms with Gasteiger partial charge in [-0.25, -0.2) is 13.8 Å². The molecule has 0 radical (unpaired) electrons. The van der Waals surface area contributed by atoms with Gasteiger partial charge in [0.25, 0.3) is 0 Å². The van der Waals surface area contributed by atoms with Crippen LogP contribution in [0.1, 0.15) is 19.5 Å². The summed E-state index contributed by atoms with van der Waals surface area (Å²) in [6, 6.07) is 2.98. The molecule has 0 saturated heterocycles. The van der Waals surface area contributed by atoms with Gasteiger partial charge in [0.2, 0.25) is 5.95 Å². The molecule has 10 heteroatoms. The number of aliphatic hydroxyl groups excluding tert-OH is 1. The molecule has 142 valence electrons. The smallest absolute Gasteiger partial charge is 0.394 e. The van der Waals surface area contributed by atoms with Crippen LogP contribution in [0.3, 0.4) is 0 Å². The molecule has 1 heterocycles. The van der Waals surface area contributed by atoms with E-state index in [-0.39, 0.29) is 12.5 Å². The Hall–Kier alpha value is -2.49. The van der Waals surface area contributed by atoms with Crippen LogP contribution in [0.5, 0.6) is 0 Å². The average Bonchev–Trinajstić information content (AvgIpc) is 2.55. The van der Waals surface area contributed by atoms with Gasteiger partial charge in [-0.1, -0.05) is 19.9 Å². The summed E-state index contributed by atoms with van der Waals surface area (Å²) in [5, 5.41) is 14.1. The molecule has 0 aliphatic carbocycles. The molecule has 0 bridgehead atoms. The third kappa shape index (κ3) is 4.78. The van der Waals surface area contributed by atoms with Crippen molar-refractivity contribution in [3.05, 3.63) is 41.6 Å². The first-order chi connectivity index (χ1) is 12.1. The van der Waals surface area contributed by atoms with Crippen molar-refractivity contribution >= 4 is 17.5 Å². The molecule has 0 amide bonds. The minimum Gasteiger partial charge on any atom is -0.394 e. The van der Waals surface area contributed by atoms with Gasteiger partial charge in [0.15, 0.2) is 5.69 Å². The number of anilines is 3. The summed E-state index contributed by atoms with van der Waals surface area (Å²) < 4.78 is 66.7. The predicted octanol–water partition coefficient (Wildman–Crippen LogP) is 3.95. The number of rotatable bonds is 6. The van der Waals surface area contributed by atoms with E-state index in [1.165, 1.54) is 0 Å². The number of benzene rings is 1. The quantitative estimate of drug-likeness (QED) is 0.666. The van der Waals surface area contributed by atoms with Gasteiger partial charge >= 0.3 is 6.18 Å². The highest BCUT2D eigenvalue weighted by Gasteiger charge is 2.34. The lowest BCUT2D eigenvalue weighted by Gasteiger charge is -2.21. The summed E-state index contributed by atoms with van der Waals surface area (Å²) >= 11 is 0. The van der Waals surface area contributed by atoms with Crippen molar-refractivity contribution in [3.8, 4) is 0 Å². The Morgan fingerprint density at radius 2 is 1.73 bits per heavy atom. The summed E-state index contributed by atoms with van der Waals surface area (Å²) in [7, 11) is 0. The molecule has 0 aliphatic rings. The molecule has 0 fully saturated rings. The maximum Gasteiger partial charge on any atom is 0.433 e. The van der Waals surface area contributed by atoms with E-state index in [4.69, 9.17) is 0 Å². The minimum atomic E-state index is -4.80. The molecule has 1 atom stereocenters. The summed E-state index contributed by atoms with van der Waals surface area (Å²) in [6.07, 6.45) is -4.80. The first kappa shape index (κ1) is 19.8. The zero-order chi connectivity index (χ0) is 19.5. The Balaban J connectivity index is 2.43. The van der Waals surface area contributed by atoms with Gasteiger partial charge in [-0.05, 0) is 18.1 Å². The Morgan fingerprint density at radius 1 is 1.12 bits per heavy atom. The van der Waals surface area contributed by atoms with Gasteiger partial charge in [0.1, 0.15) is 23.1 Å². The fourth-order valence-corrected chi connectivity index (χ4v) is 2.06. The fraction of sp³-hybridized carbons (Fsp3) is 0.375. The van der Waals surface area contributed by atoms with Crippen molar-refractivity contribution < 1.29 is 27.1 Å². The van der Waals surface area contributed by atoms with E-state index in [0.29, 0.717) is 6.07 Å². The normalized spacial score (nSPS) is 13.0. The number of para-hydroxylation sites is 1. The Kier molecular flexibility index (Phi) is 5.96. The van der Waals surface area contributed by atoms with E-state index < -0.39 is 47.0 Å². The van der Waals surface area contributed by atoms with Crippen molar-refractivity contribution in [1.29, 1.82) is 0 Å². The molecular formula is C16H17F5N4O. The Bertz CT molecular complexity index is 747. The van der Waals surface area contributed by atoms with Crippen LogP contribution < -0.4 is 10.6 Å². The van der Waals surface area contributed by atoms with Crippen LogP contribution in [0.4, 0.5) is 39.4 Å². The lowest BCUT2D eigenvalue weighted by atomic mass is 10.1. The number of nitrogens with zero attached hydrogens (tertiary/aromatic N) is 2. The molecule has 1 aromatic heterocycles. The predicted molar refractivity (Wildman–Crippen MR) is 86.0 cm³/mol. The molecule has 5 nitrogen and oxygen atoms in total. The summed E-state index contributed by atoms with van der Waals surface area (Å²) in [5.74, 6) is -2.96. The molecule has 26 heavy (non-hydrogen) atoms. The van der Waals surface area contributed by atoms with Crippen LogP contribution in [-0.2, 0) is 6.18 Å². The monoisotopic (exact) mass is 376 g/mol. The SMILES string of the molecule is CC(C)[C@H](CO)Nc1nc(Nc2c(F)cccc2F)cc(C(F)(F)F)n1. The van der Waals surface area contributed by atoms with Crippen molar-refractivity contribution in [3.63, 3.8) is 0 Å². The van der Waals surface area contributed by atoms with Gasteiger partial charge in [0.05, 0.1) is 12.6 Å². The minimum absolute atomic E-state index is 0.126. The molecule has 3 N–H and O–H groups in total. The van der Waals surface area contributed by atoms with Gasteiger partial charge in [-0.3, -0.25) is 0 Å². The van der Waals surface area contributed by atoms with Crippen molar-refractivity contribution in [2.45, 2.75) is 26.1 Å². The molecule has 0 unspecified atom stereocenters. The van der Waals surface area contributed by atoms with Gasteiger partial charge in [-0.2, -0.15) is 18.2 Å². The highest BCUT2D eigenvalue weighted by atomic mass is 19.4. The van der Waals surface area contributed by atoms with Crippen molar-refractivity contribution in [2.24, 2.45) is 5.92 Å². The van der Waals surface area contributed by atoms with E-state index in [1.54, 1.807) is 13.8 Å². The number of aliphatic hydroxyl groups is 1. The number of alkyl halides is 3. The zero-order valence-corrected chi connectivity index (χ0v) is 13.9. The second kappa shape index (κ2) is 7.81. The van der Waals surface area contributed by atoms with Crippen LogP contribution in [0, 0.1) is 17.6 Å². The standard InChI is InChI=1S/C16H17F5N4O/c1-8(2)11(7-26)22-15-23-12(16(19,20)21)6-13(25-15)24-14-9(17)4-3-5-10(14)18/h3-6,8,11,26H,7H2,1-2H3,(H2,22,23,24,25)/t11-/m0/s1. The number of nitrogens with one attached hydrogen (secondary N) is 2. The summed E-state index contributed by atoms with van der Waals surface area (Å²) in [6.45, 7) is 3.13. The number of hydrogen-bond donors (Lipinski definition) is 3. The lowest BCUT2D eigenvalue weighted by Crippen LogP contribution is -2.30. The zero-order valence-electron chi connectivity index (χ0n) is 13.9. The first-order valence-electron chi connectivity index (χ1n) is 7.66. The topological polar surface area (TPSA) is 70.1 Å². The maximum absolute atomic E-state index is 13.7. The molecular weight excluding hydrogens is 359 g/mol. The molecule has 2 rings (SSSR count). The molecule has 0 saturated carbocycles. The van der Waals surface area contributed by atoms with E-state index in [2.05, 4.69) is 20.6 Å². The second-order valence-electron chi connectivity index (χ2n) is 5.86. The molecule has 0 aliphatic heterocycles. The number of aromatic nitrogens is 2. The van der Waals surface area contributed by atoms with Gasteiger partial charge < -0.3 is 15.7 Å². The third-order valence-electron chi connectivity index (χ3n) is 3.55. The van der Waals surface area contributed by atoms with Gasteiger partial charge in [0, 0.05) is 6.07 Å². The summed E-state index contributed by atoms with van der Waals surface area (Å²) in [5.41, 5.74) is -1.93. The fourth-order valence-electron chi connectivity index (χ4n) is 2.06. The van der Waals surface area contributed by atoms with E-state index in [0.717, 1.165) is 18.2 Å². The third-order valence-corrected chi connectivity index (χ3v) is 3.55. The average molecular weight is 376 g/mol. The van der Waals surface area contributed by atoms with E-state index in [1.807, 2.05) is 0 Å². The van der Waals surface area contributed by atoms with Crippen LogP contribution >= 0.6 is 0 Å². The summed E-state index contributed by atoms with van der Waals surface area (Å²) in [4.78, 5) is 7.19. The second-order valence-corrected chi connectivity index (χ2v) is 5.86. The molecule has 2 aromatic rings. The van der Waals surface area contributed by atoms with E-state index >= 15 is 0 Å². The van der Waals surface area contributed by atoms with Crippen molar-refractivity contribution in [2.75, 3.05) is 17.2 Å².